The zero-order chi connectivity index (χ0) is 22.0. The minimum atomic E-state index is -2.85. The van der Waals surface area contributed by atoms with E-state index in [-0.39, 0.29) is 5.69 Å². The van der Waals surface area contributed by atoms with Crippen LogP contribution in [0.3, 0.4) is 0 Å². The van der Waals surface area contributed by atoms with Crippen molar-refractivity contribution in [3.8, 4) is 11.1 Å². The Morgan fingerprint density at radius 1 is 1.10 bits per heavy atom. The molecule has 0 aliphatic rings. The van der Waals surface area contributed by atoms with Crippen molar-refractivity contribution >= 4 is 22.1 Å². The van der Waals surface area contributed by atoms with E-state index in [4.69, 9.17) is 0 Å². The molecule has 2 aromatic carbocycles. The second kappa shape index (κ2) is 8.62. The standard InChI is InChI=1S/C22H24N4O3S/c1-14-9-15(2)20(16(3)10-14)13-26-21(22(27)24-30(28)29)19(12-23-26)17-7-6-8-18(11-17)25(4)5/h6-12H,13H2,1-5H3. The molecule has 0 unspecified atom stereocenters. The van der Waals surface area contributed by atoms with Gasteiger partial charge in [0.25, 0.3) is 0 Å². The second-order valence-electron chi connectivity index (χ2n) is 7.50. The average molecular weight is 425 g/mol. The number of carbonyl (C=O) groups is 1. The van der Waals surface area contributed by atoms with E-state index in [2.05, 4.69) is 21.6 Å². The van der Waals surface area contributed by atoms with E-state index in [9.17, 15) is 13.2 Å². The summed E-state index contributed by atoms with van der Waals surface area (Å²) in [5, 5.41) is 4.42. The van der Waals surface area contributed by atoms with Gasteiger partial charge in [-0.1, -0.05) is 34.2 Å². The maximum Gasteiger partial charge on any atom is 0.319 e. The molecule has 0 aliphatic carbocycles. The van der Waals surface area contributed by atoms with Gasteiger partial charge in [-0.25, -0.2) is 0 Å². The van der Waals surface area contributed by atoms with E-state index in [1.54, 1.807) is 6.20 Å². The first-order valence-corrected chi connectivity index (χ1v) is 10.5. The van der Waals surface area contributed by atoms with Crippen LogP contribution in [-0.4, -0.2) is 38.2 Å². The summed E-state index contributed by atoms with van der Waals surface area (Å²) in [6, 6.07) is 11.8. The third-order valence-corrected chi connectivity index (χ3v) is 5.34. The Hall–Kier alpha value is -3.26. The summed E-state index contributed by atoms with van der Waals surface area (Å²) in [5.74, 6) is -0.839. The zero-order valence-corrected chi connectivity index (χ0v) is 18.5. The molecule has 0 atom stereocenters. The molecule has 1 aromatic heterocycles. The maximum absolute atomic E-state index is 12.7. The third-order valence-electron chi connectivity index (χ3n) is 5.02. The van der Waals surface area contributed by atoms with Crippen LogP contribution in [0.2, 0.25) is 0 Å². The molecule has 0 N–H and O–H groups in total. The van der Waals surface area contributed by atoms with Crippen molar-refractivity contribution in [3.05, 3.63) is 70.5 Å². The molecule has 3 aromatic rings. The molecule has 0 radical (unpaired) electrons. The summed E-state index contributed by atoms with van der Waals surface area (Å²) >= 11 is 0. The monoisotopic (exact) mass is 424 g/mol. The number of benzene rings is 2. The molecule has 0 aliphatic heterocycles. The highest BCUT2D eigenvalue weighted by Crippen LogP contribution is 2.29. The molecule has 7 nitrogen and oxygen atoms in total. The highest BCUT2D eigenvalue weighted by molar-refractivity contribution is 7.62. The van der Waals surface area contributed by atoms with Crippen LogP contribution in [0.1, 0.15) is 32.7 Å². The summed E-state index contributed by atoms with van der Waals surface area (Å²) in [6.07, 6.45) is 1.59. The van der Waals surface area contributed by atoms with Crippen LogP contribution >= 0.6 is 0 Å². The summed E-state index contributed by atoms with van der Waals surface area (Å²) in [4.78, 5) is 14.7. The van der Waals surface area contributed by atoms with E-state index >= 15 is 0 Å². The summed E-state index contributed by atoms with van der Waals surface area (Å²) in [7, 11) is 1.00. The fourth-order valence-corrected chi connectivity index (χ4v) is 3.84. The van der Waals surface area contributed by atoms with Gasteiger partial charge in [-0.3, -0.25) is 9.48 Å². The molecule has 30 heavy (non-hydrogen) atoms. The maximum atomic E-state index is 12.7. The van der Waals surface area contributed by atoms with Crippen LogP contribution in [0.5, 0.6) is 0 Å². The molecule has 8 heteroatoms. The zero-order valence-electron chi connectivity index (χ0n) is 17.7. The van der Waals surface area contributed by atoms with Crippen molar-refractivity contribution in [2.24, 2.45) is 4.36 Å². The number of aromatic nitrogens is 2. The van der Waals surface area contributed by atoms with Crippen LogP contribution in [-0.2, 0) is 17.0 Å². The predicted molar refractivity (Wildman–Crippen MR) is 117 cm³/mol. The number of hydrogen-bond donors (Lipinski definition) is 0. The molecule has 1 heterocycles. The number of nitrogens with zero attached hydrogens (tertiary/aromatic N) is 4. The van der Waals surface area contributed by atoms with Gasteiger partial charge in [-0.2, -0.15) is 13.5 Å². The van der Waals surface area contributed by atoms with Gasteiger partial charge in [0, 0.05) is 25.3 Å². The quantitative estimate of drug-likeness (QED) is 0.622. The first kappa shape index (κ1) is 21.4. The van der Waals surface area contributed by atoms with Crippen molar-refractivity contribution in [2.45, 2.75) is 27.3 Å². The minimum absolute atomic E-state index is 0.148. The molecule has 0 fully saturated rings. The van der Waals surface area contributed by atoms with Gasteiger partial charge in [-0.15, -0.1) is 0 Å². The minimum Gasteiger partial charge on any atom is -0.378 e. The van der Waals surface area contributed by atoms with Crippen molar-refractivity contribution in [3.63, 3.8) is 0 Å². The molecule has 0 saturated carbocycles. The lowest BCUT2D eigenvalue weighted by Gasteiger charge is -2.14. The van der Waals surface area contributed by atoms with Gasteiger partial charge in [0.1, 0.15) is 5.69 Å². The largest absolute Gasteiger partial charge is 0.378 e. The SMILES string of the molecule is Cc1cc(C)c(Cn2ncc(-c3cccc(N(C)C)c3)c2C(=O)N=S(=O)=O)c(C)c1. The number of amides is 1. The first-order valence-electron chi connectivity index (χ1n) is 9.43. The number of carbonyl (C=O) groups excluding carboxylic acids is 1. The lowest BCUT2D eigenvalue weighted by atomic mass is 9.99. The molecule has 3 rings (SSSR count). The summed E-state index contributed by atoms with van der Waals surface area (Å²) in [6.45, 7) is 6.40. The molecular formula is C22H24N4O3S. The topological polar surface area (TPSA) is 84.6 Å². The lowest BCUT2D eigenvalue weighted by molar-refractivity contribution is 0.0996. The fourth-order valence-electron chi connectivity index (χ4n) is 3.61. The average Bonchev–Trinajstić information content (AvgIpc) is 3.08. The number of hydrogen-bond acceptors (Lipinski definition) is 5. The Morgan fingerprint density at radius 2 is 1.77 bits per heavy atom. The van der Waals surface area contributed by atoms with E-state index in [1.807, 2.05) is 64.0 Å². The van der Waals surface area contributed by atoms with Crippen LogP contribution in [0.4, 0.5) is 5.69 Å². The Balaban J connectivity index is 2.17. The second-order valence-corrected chi connectivity index (χ2v) is 8.12. The Kier molecular flexibility index (Phi) is 6.17. The van der Waals surface area contributed by atoms with Gasteiger partial charge in [0.15, 0.2) is 0 Å². The van der Waals surface area contributed by atoms with Gasteiger partial charge in [0.2, 0.25) is 0 Å². The molecule has 0 spiro atoms. The lowest BCUT2D eigenvalue weighted by Crippen LogP contribution is -2.13. The first-order chi connectivity index (χ1) is 14.2. The molecular weight excluding hydrogens is 400 g/mol. The Labute approximate surface area is 177 Å². The molecule has 0 saturated heterocycles. The van der Waals surface area contributed by atoms with Crippen molar-refractivity contribution in [1.82, 2.24) is 9.78 Å². The van der Waals surface area contributed by atoms with Gasteiger partial charge < -0.3 is 4.90 Å². The third kappa shape index (κ3) is 4.49. The van der Waals surface area contributed by atoms with Crippen molar-refractivity contribution < 1.29 is 13.2 Å². The molecule has 156 valence electrons. The van der Waals surface area contributed by atoms with Gasteiger partial charge in [-0.05, 0) is 55.2 Å². The molecule has 0 bridgehead atoms. The van der Waals surface area contributed by atoms with Gasteiger partial charge in [0.05, 0.1) is 12.7 Å². The van der Waals surface area contributed by atoms with Gasteiger partial charge >= 0.3 is 16.4 Å². The van der Waals surface area contributed by atoms with E-state index in [0.717, 1.165) is 33.5 Å². The van der Waals surface area contributed by atoms with Crippen molar-refractivity contribution in [1.29, 1.82) is 0 Å². The van der Waals surface area contributed by atoms with Crippen LogP contribution in [0, 0.1) is 20.8 Å². The van der Waals surface area contributed by atoms with E-state index in [0.29, 0.717) is 12.1 Å². The highest BCUT2D eigenvalue weighted by Gasteiger charge is 2.21. The number of rotatable bonds is 5. The number of aryl methyl sites for hydroxylation is 3. The number of anilines is 1. The van der Waals surface area contributed by atoms with Crippen LogP contribution in [0.25, 0.3) is 11.1 Å². The van der Waals surface area contributed by atoms with Crippen LogP contribution < -0.4 is 4.90 Å². The predicted octanol–water partition coefficient (Wildman–Crippen LogP) is 3.79. The molecule has 1 amide bonds. The smallest absolute Gasteiger partial charge is 0.319 e. The fraction of sp³-hybridized carbons (Fsp3) is 0.273. The highest BCUT2D eigenvalue weighted by atomic mass is 32.2. The normalized spacial score (nSPS) is 10.7. The van der Waals surface area contributed by atoms with Crippen molar-refractivity contribution in [2.75, 3.05) is 19.0 Å². The van der Waals surface area contributed by atoms with E-state index in [1.165, 1.54) is 4.68 Å². The Morgan fingerprint density at radius 3 is 2.37 bits per heavy atom. The summed E-state index contributed by atoms with van der Waals surface area (Å²) < 4.78 is 26.9. The summed E-state index contributed by atoms with van der Waals surface area (Å²) in [5.41, 5.74) is 6.77. The van der Waals surface area contributed by atoms with Crippen LogP contribution in [0.15, 0.2) is 47.0 Å². The van der Waals surface area contributed by atoms with E-state index < -0.39 is 16.4 Å². The Bertz CT molecular complexity index is 1230.